The summed E-state index contributed by atoms with van der Waals surface area (Å²) in [5, 5.41) is 9.36. The minimum absolute atomic E-state index is 0.584. The Kier molecular flexibility index (Phi) is 5.22. The molecule has 30 heavy (non-hydrogen) atoms. The van der Waals surface area contributed by atoms with E-state index in [2.05, 4.69) is 71.6 Å². The third-order valence-corrected chi connectivity index (χ3v) is 6.57. The molecule has 2 aliphatic heterocycles. The van der Waals surface area contributed by atoms with E-state index in [-0.39, 0.29) is 0 Å². The van der Waals surface area contributed by atoms with Gasteiger partial charge in [0, 0.05) is 18.6 Å². The van der Waals surface area contributed by atoms with Crippen LogP contribution >= 0.6 is 0 Å². The smallest absolute Gasteiger partial charge is 0.0998 e. The summed E-state index contributed by atoms with van der Waals surface area (Å²) in [6.07, 6.45) is 7.34. The molecule has 2 heteroatoms. The van der Waals surface area contributed by atoms with Crippen molar-refractivity contribution in [2.45, 2.75) is 44.3 Å². The highest BCUT2D eigenvalue weighted by Crippen LogP contribution is 2.37. The van der Waals surface area contributed by atoms with Gasteiger partial charge in [-0.1, -0.05) is 84.4 Å². The van der Waals surface area contributed by atoms with Gasteiger partial charge in [0.15, 0.2) is 0 Å². The Balaban J connectivity index is 1.29. The zero-order valence-corrected chi connectivity index (χ0v) is 17.2. The molecule has 1 saturated heterocycles. The molecular weight excluding hydrogens is 364 g/mol. The standard InChI is InChI=1S/C28H26N2/c29-19-25-8-4-5-9-28(25)24-12-10-21(11-13-24)16-23-17-26-14-15-27(18-23)30(26)20-22-6-2-1-3-7-22/h1-13,17,26-27H,14-16,18,20H2. The lowest BCUT2D eigenvalue weighted by Crippen LogP contribution is -2.38. The minimum atomic E-state index is 0.584. The minimum Gasteiger partial charge on any atom is -0.289 e. The van der Waals surface area contributed by atoms with Crippen LogP contribution in [0.1, 0.15) is 36.0 Å². The first-order valence-electron chi connectivity index (χ1n) is 10.9. The molecular formula is C28H26N2. The van der Waals surface area contributed by atoms with Crippen molar-refractivity contribution in [3.8, 4) is 17.2 Å². The molecule has 3 aromatic carbocycles. The molecule has 0 aromatic heterocycles. The molecule has 2 nitrogen and oxygen atoms in total. The number of fused-ring (bicyclic) bond motifs is 2. The average molecular weight is 391 g/mol. The summed E-state index contributed by atoms with van der Waals surface area (Å²) in [5.74, 6) is 0. The predicted octanol–water partition coefficient (Wildman–Crippen LogP) is 6.13. The molecule has 0 aliphatic carbocycles. The van der Waals surface area contributed by atoms with E-state index in [4.69, 9.17) is 0 Å². The van der Waals surface area contributed by atoms with Crippen LogP contribution in [0.25, 0.3) is 11.1 Å². The lowest BCUT2D eigenvalue weighted by Gasteiger charge is -2.34. The molecule has 0 amide bonds. The molecule has 0 spiro atoms. The molecule has 2 aliphatic rings. The van der Waals surface area contributed by atoms with E-state index < -0.39 is 0 Å². The second-order valence-corrected chi connectivity index (χ2v) is 8.52. The molecule has 0 radical (unpaired) electrons. The lowest BCUT2D eigenvalue weighted by molar-refractivity contribution is 0.195. The number of rotatable bonds is 5. The highest BCUT2D eigenvalue weighted by molar-refractivity contribution is 5.70. The van der Waals surface area contributed by atoms with E-state index in [9.17, 15) is 5.26 Å². The van der Waals surface area contributed by atoms with E-state index in [0.717, 1.165) is 29.7 Å². The van der Waals surface area contributed by atoms with Crippen molar-refractivity contribution in [2.75, 3.05) is 0 Å². The monoisotopic (exact) mass is 390 g/mol. The Morgan fingerprint density at radius 3 is 2.37 bits per heavy atom. The number of hydrogen-bond donors (Lipinski definition) is 0. The number of nitrogens with zero attached hydrogens (tertiary/aromatic N) is 2. The Bertz CT molecular complexity index is 1090. The molecule has 0 saturated carbocycles. The quantitative estimate of drug-likeness (QED) is 0.490. The van der Waals surface area contributed by atoms with E-state index >= 15 is 0 Å². The molecule has 1 fully saturated rings. The summed E-state index contributed by atoms with van der Waals surface area (Å²) in [7, 11) is 0. The fourth-order valence-corrected chi connectivity index (χ4v) is 5.08. The first kappa shape index (κ1) is 18.9. The van der Waals surface area contributed by atoms with Gasteiger partial charge in [-0.25, -0.2) is 0 Å². The van der Waals surface area contributed by atoms with Gasteiger partial charge in [-0.3, -0.25) is 4.90 Å². The van der Waals surface area contributed by atoms with Gasteiger partial charge in [0.2, 0.25) is 0 Å². The van der Waals surface area contributed by atoms with Crippen LogP contribution in [0.5, 0.6) is 0 Å². The summed E-state index contributed by atoms with van der Waals surface area (Å²) in [6, 6.07) is 31.0. The summed E-state index contributed by atoms with van der Waals surface area (Å²) >= 11 is 0. The van der Waals surface area contributed by atoms with Gasteiger partial charge in [-0.2, -0.15) is 5.26 Å². The van der Waals surface area contributed by atoms with E-state index in [1.54, 1.807) is 5.57 Å². The Morgan fingerprint density at radius 1 is 0.833 bits per heavy atom. The molecule has 2 unspecified atom stereocenters. The summed E-state index contributed by atoms with van der Waals surface area (Å²) < 4.78 is 0. The van der Waals surface area contributed by atoms with Gasteiger partial charge in [-0.15, -0.1) is 0 Å². The van der Waals surface area contributed by atoms with Crippen LogP contribution in [0.2, 0.25) is 0 Å². The molecule has 2 heterocycles. The summed E-state index contributed by atoms with van der Waals surface area (Å²) in [5.41, 5.74) is 7.21. The maximum Gasteiger partial charge on any atom is 0.0998 e. The zero-order valence-electron chi connectivity index (χ0n) is 17.2. The molecule has 5 rings (SSSR count). The van der Waals surface area contributed by atoms with Crippen molar-refractivity contribution < 1.29 is 0 Å². The Morgan fingerprint density at radius 2 is 1.60 bits per heavy atom. The van der Waals surface area contributed by atoms with Crippen LogP contribution < -0.4 is 0 Å². The first-order chi connectivity index (χ1) is 14.8. The van der Waals surface area contributed by atoms with Gasteiger partial charge < -0.3 is 0 Å². The Hall–Kier alpha value is -3.15. The summed E-state index contributed by atoms with van der Waals surface area (Å²) in [6.45, 7) is 1.06. The normalized spacial score (nSPS) is 20.6. The highest BCUT2D eigenvalue weighted by Gasteiger charge is 2.36. The maximum absolute atomic E-state index is 9.36. The van der Waals surface area contributed by atoms with E-state index in [0.29, 0.717) is 12.1 Å². The molecule has 0 N–H and O–H groups in total. The maximum atomic E-state index is 9.36. The lowest BCUT2D eigenvalue weighted by atomic mass is 9.93. The predicted molar refractivity (Wildman–Crippen MR) is 122 cm³/mol. The number of nitriles is 1. The molecule has 2 bridgehead atoms. The topological polar surface area (TPSA) is 27.0 Å². The van der Waals surface area contributed by atoms with E-state index in [1.807, 2.05) is 24.3 Å². The second kappa shape index (κ2) is 8.30. The van der Waals surface area contributed by atoms with Crippen molar-refractivity contribution in [1.29, 1.82) is 5.26 Å². The zero-order chi connectivity index (χ0) is 20.3. The highest BCUT2D eigenvalue weighted by atomic mass is 15.2. The van der Waals surface area contributed by atoms with Crippen LogP contribution in [0.4, 0.5) is 0 Å². The average Bonchev–Trinajstić information content (AvgIpc) is 3.02. The first-order valence-corrected chi connectivity index (χ1v) is 10.9. The van der Waals surface area contributed by atoms with Crippen LogP contribution in [0.3, 0.4) is 0 Å². The SMILES string of the molecule is N#Cc1ccccc1-c1ccc(CC2=CC3CCC(C2)N3Cc2ccccc2)cc1. The van der Waals surface area contributed by atoms with Gasteiger partial charge in [0.05, 0.1) is 11.6 Å². The van der Waals surface area contributed by atoms with Crippen molar-refractivity contribution in [3.63, 3.8) is 0 Å². The van der Waals surface area contributed by atoms with Gasteiger partial charge in [0.1, 0.15) is 0 Å². The molecule has 2 atom stereocenters. The van der Waals surface area contributed by atoms with Crippen molar-refractivity contribution in [3.05, 3.63) is 107 Å². The summed E-state index contributed by atoms with van der Waals surface area (Å²) in [4.78, 5) is 2.70. The van der Waals surface area contributed by atoms with Gasteiger partial charge >= 0.3 is 0 Å². The van der Waals surface area contributed by atoms with Gasteiger partial charge in [-0.05, 0) is 54.0 Å². The number of benzene rings is 3. The van der Waals surface area contributed by atoms with Crippen molar-refractivity contribution >= 4 is 0 Å². The third-order valence-electron chi connectivity index (χ3n) is 6.57. The largest absolute Gasteiger partial charge is 0.289 e. The fourth-order valence-electron chi connectivity index (χ4n) is 5.08. The van der Waals surface area contributed by atoms with Crippen LogP contribution in [0.15, 0.2) is 90.5 Å². The molecule has 148 valence electrons. The van der Waals surface area contributed by atoms with Crippen LogP contribution in [-0.4, -0.2) is 17.0 Å². The van der Waals surface area contributed by atoms with Crippen molar-refractivity contribution in [1.82, 2.24) is 4.90 Å². The van der Waals surface area contributed by atoms with Crippen LogP contribution in [-0.2, 0) is 13.0 Å². The Labute approximate surface area is 179 Å². The third kappa shape index (κ3) is 3.82. The van der Waals surface area contributed by atoms with Gasteiger partial charge in [0.25, 0.3) is 0 Å². The molecule has 3 aromatic rings. The van der Waals surface area contributed by atoms with E-state index in [1.165, 1.54) is 30.4 Å². The van der Waals surface area contributed by atoms with Crippen LogP contribution in [0, 0.1) is 11.3 Å². The fraction of sp³-hybridized carbons (Fsp3) is 0.250. The second-order valence-electron chi connectivity index (χ2n) is 8.52. The number of hydrogen-bond acceptors (Lipinski definition) is 2. The van der Waals surface area contributed by atoms with Crippen molar-refractivity contribution in [2.24, 2.45) is 0 Å².